The topological polar surface area (TPSA) is 29.5 Å². The van der Waals surface area contributed by atoms with Gasteiger partial charge in [0, 0.05) is 18.2 Å². The van der Waals surface area contributed by atoms with Crippen molar-refractivity contribution in [3.05, 3.63) is 28.2 Å². The second-order valence-electron chi connectivity index (χ2n) is 4.85. The van der Waals surface area contributed by atoms with Gasteiger partial charge in [-0.1, -0.05) is 23.2 Å². The fraction of sp³-hybridized carbons (Fsp3) is 0.500. The maximum Gasteiger partial charge on any atom is 0.260 e. The van der Waals surface area contributed by atoms with Crippen LogP contribution < -0.4 is 4.74 Å². The third-order valence-corrected chi connectivity index (χ3v) is 3.39. The first-order chi connectivity index (χ1) is 8.82. The number of ether oxygens (including phenoxy) is 1. The van der Waals surface area contributed by atoms with Crippen LogP contribution in [-0.2, 0) is 4.79 Å². The number of hydrogen-bond donors (Lipinski definition) is 0. The molecule has 0 saturated heterocycles. The first kappa shape index (κ1) is 16.1. The van der Waals surface area contributed by atoms with Crippen LogP contribution in [0.3, 0.4) is 0 Å². The lowest BCUT2D eigenvalue weighted by Gasteiger charge is -2.30. The molecule has 0 N–H and O–H groups in total. The van der Waals surface area contributed by atoms with Gasteiger partial charge >= 0.3 is 0 Å². The van der Waals surface area contributed by atoms with E-state index in [1.54, 1.807) is 23.1 Å². The normalized spacial score (nSPS) is 10.9. The van der Waals surface area contributed by atoms with Crippen molar-refractivity contribution < 1.29 is 9.53 Å². The Kier molecular flexibility index (Phi) is 5.95. The molecule has 0 aromatic heterocycles. The lowest BCUT2D eigenvalue weighted by molar-refractivity contribution is -0.136. The van der Waals surface area contributed by atoms with Crippen molar-refractivity contribution in [1.82, 2.24) is 4.90 Å². The molecule has 3 nitrogen and oxygen atoms in total. The molecule has 0 heterocycles. The number of benzene rings is 1. The van der Waals surface area contributed by atoms with Gasteiger partial charge in [-0.3, -0.25) is 4.79 Å². The third-order valence-electron chi connectivity index (χ3n) is 2.65. The highest BCUT2D eigenvalue weighted by Crippen LogP contribution is 2.26. The van der Waals surface area contributed by atoms with Gasteiger partial charge in [0.15, 0.2) is 6.61 Å². The molecular weight excluding hydrogens is 285 g/mol. The first-order valence-corrected chi connectivity index (χ1v) is 6.97. The average molecular weight is 304 g/mol. The van der Waals surface area contributed by atoms with E-state index in [4.69, 9.17) is 27.9 Å². The number of rotatable bonds is 5. The minimum Gasteiger partial charge on any atom is -0.484 e. The van der Waals surface area contributed by atoms with Crippen molar-refractivity contribution in [2.24, 2.45) is 0 Å². The Morgan fingerprint density at radius 3 is 2.21 bits per heavy atom. The van der Waals surface area contributed by atoms with Crippen molar-refractivity contribution >= 4 is 29.1 Å². The van der Waals surface area contributed by atoms with Crippen LogP contribution in [-0.4, -0.2) is 29.5 Å². The van der Waals surface area contributed by atoms with Crippen LogP contribution in [0.25, 0.3) is 0 Å². The average Bonchev–Trinajstić information content (AvgIpc) is 2.29. The van der Waals surface area contributed by atoms with E-state index in [0.717, 1.165) is 0 Å². The maximum atomic E-state index is 12.1. The molecule has 1 rings (SSSR count). The molecule has 0 atom stereocenters. The van der Waals surface area contributed by atoms with Crippen molar-refractivity contribution in [2.75, 3.05) is 6.61 Å². The summed E-state index contributed by atoms with van der Waals surface area (Å²) in [5, 5.41) is 0.877. The molecule has 5 heteroatoms. The highest BCUT2D eigenvalue weighted by Gasteiger charge is 2.20. The molecule has 0 unspecified atom stereocenters. The summed E-state index contributed by atoms with van der Waals surface area (Å²) in [6, 6.07) is 5.23. The zero-order valence-corrected chi connectivity index (χ0v) is 13.1. The molecule has 0 aliphatic heterocycles. The second kappa shape index (κ2) is 7.01. The number of amides is 1. The molecule has 19 heavy (non-hydrogen) atoms. The highest BCUT2D eigenvalue weighted by atomic mass is 35.5. The van der Waals surface area contributed by atoms with E-state index in [1.807, 2.05) is 27.7 Å². The van der Waals surface area contributed by atoms with E-state index < -0.39 is 0 Å². The molecule has 1 aromatic rings. The monoisotopic (exact) mass is 303 g/mol. The molecule has 0 fully saturated rings. The molecule has 0 aliphatic carbocycles. The molecule has 1 amide bonds. The predicted molar refractivity (Wildman–Crippen MR) is 79.1 cm³/mol. The number of hydrogen-bond acceptors (Lipinski definition) is 2. The van der Waals surface area contributed by atoms with Crippen LogP contribution in [0, 0.1) is 0 Å². The third kappa shape index (κ3) is 4.59. The SMILES string of the molecule is CC(C)N(C(=O)COc1ccc(Cl)c(Cl)c1)C(C)C. The minimum atomic E-state index is -0.0453. The van der Waals surface area contributed by atoms with Gasteiger partial charge in [-0.05, 0) is 39.8 Å². The molecule has 0 aliphatic rings. The standard InChI is InChI=1S/C14H19Cl2NO2/c1-9(2)17(10(3)4)14(18)8-19-11-5-6-12(15)13(16)7-11/h5-7,9-10H,8H2,1-4H3. The quantitative estimate of drug-likeness (QED) is 0.822. The Bertz CT molecular complexity index is 439. The van der Waals surface area contributed by atoms with Crippen LogP contribution >= 0.6 is 23.2 Å². The van der Waals surface area contributed by atoms with Gasteiger partial charge in [-0.2, -0.15) is 0 Å². The molecule has 1 aromatic carbocycles. The Balaban J connectivity index is 2.65. The van der Waals surface area contributed by atoms with E-state index in [9.17, 15) is 4.79 Å². The Hall–Kier alpha value is -0.930. The van der Waals surface area contributed by atoms with Gasteiger partial charge in [0.2, 0.25) is 0 Å². The summed E-state index contributed by atoms with van der Waals surface area (Å²) in [4.78, 5) is 13.9. The van der Waals surface area contributed by atoms with E-state index in [0.29, 0.717) is 15.8 Å². The summed E-state index contributed by atoms with van der Waals surface area (Å²) in [7, 11) is 0. The van der Waals surface area contributed by atoms with Gasteiger partial charge in [0.1, 0.15) is 5.75 Å². The zero-order chi connectivity index (χ0) is 14.6. The van der Waals surface area contributed by atoms with Gasteiger partial charge in [-0.15, -0.1) is 0 Å². The molecular formula is C14H19Cl2NO2. The van der Waals surface area contributed by atoms with Gasteiger partial charge in [0.05, 0.1) is 10.0 Å². The van der Waals surface area contributed by atoms with E-state index in [-0.39, 0.29) is 24.6 Å². The number of halogens is 2. The lowest BCUT2D eigenvalue weighted by Crippen LogP contribution is -2.44. The Morgan fingerprint density at radius 2 is 1.74 bits per heavy atom. The van der Waals surface area contributed by atoms with Crippen LogP contribution in [0.15, 0.2) is 18.2 Å². The largest absolute Gasteiger partial charge is 0.484 e. The van der Waals surface area contributed by atoms with E-state index >= 15 is 0 Å². The van der Waals surface area contributed by atoms with E-state index in [1.165, 1.54) is 0 Å². The second-order valence-corrected chi connectivity index (χ2v) is 5.67. The van der Waals surface area contributed by atoms with E-state index in [2.05, 4.69) is 0 Å². The predicted octanol–water partition coefficient (Wildman–Crippen LogP) is 4.02. The fourth-order valence-corrected chi connectivity index (χ4v) is 2.25. The zero-order valence-electron chi connectivity index (χ0n) is 11.6. The minimum absolute atomic E-state index is 0.00563. The Labute approximate surface area is 124 Å². The highest BCUT2D eigenvalue weighted by molar-refractivity contribution is 6.42. The summed E-state index contributed by atoms with van der Waals surface area (Å²) in [5.74, 6) is 0.492. The summed E-state index contributed by atoms with van der Waals surface area (Å²) in [5.41, 5.74) is 0. The molecule has 0 radical (unpaired) electrons. The molecule has 0 bridgehead atoms. The number of carbonyl (C=O) groups is 1. The van der Waals surface area contributed by atoms with Crippen molar-refractivity contribution in [2.45, 2.75) is 39.8 Å². The Morgan fingerprint density at radius 1 is 1.16 bits per heavy atom. The maximum absolute atomic E-state index is 12.1. The van der Waals surface area contributed by atoms with Crippen LogP contribution in [0.2, 0.25) is 10.0 Å². The van der Waals surface area contributed by atoms with Crippen LogP contribution in [0.4, 0.5) is 0 Å². The van der Waals surface area contributed by atoms with Gasteiger partial charge < -0.3 is 9.64 Å². The van der Waals surface area contributed by atoms with Crippen LogP contribution in [0.1, 0.15) is 27.7 Å². The summed E-state index contributed by atoms with van der Waals surface area (Å²) in [6.45, 7) is 7.93. The lowest BCUT2D eigenvalue weighted by atomic mass is 10.2. The smallest absolute Gasteiger partial charge is 0.260 e. The molecule has 0 saturated carbocycles. The summed E-state index contributed by atoms with van der Waals surface area (Å²) in [6.07, 6.45) is 0. The summed E-state index contributed by atoms with van der Waals surface area (Å²) < 4.78 is 5.45. The van der Waals surface area contributed by atoms with Gasteiger partial charge in [0.25, 0.3) is 5.91 Å². The number of carbonyl (C=O) groups excluding carboxylic acids is 1. The fourth-order valence-electron chi connectivity index (χ4n) is 1.96. The first-order valence-electron chi connectivity index (χ1n) is 6.22. The van der Waals surface area contributed by atoms with Gasteiger partial charge in [-0.25, -0.2) is 0 Å². The molecule has 106 valence electrons. The number of nitrogens with zero attached hydrogens (tertiary/aromatic N) is 1. The van der Waals surface area contributed by atoms with Crippen LogP contribution in [0.5, 0.6) is 5.75 Å². The van der Waals surface area contributed by atoms with Crippen molar-refractivity contribution in [1.29, 1.82) is 0 Å². The van der Waals surface area contributed by atoms with Crippen molar-refractivity contribution in [3.63, 3.8) is 0 Å². The molecule has 0 spiro atoms. The summed E-state index contributed by atoms with van der Waals surface area (Å²) >= 11 is 11.7. The van der Waals surface area contributed by atoms with Crippen molar-refractivity contribution in [3.8, 4) is 5.75 Å².